The van der Waals surface area contributed by atoms with E-state index in [1.807, 2.05) is 12.1 Å². The van der Waals surface area contributed by atoms with Gasteiger partial charge in [-0.05, 0) is 80.8 Å². The summed E-state index contributed by atoms with van der Waals surface area (Å²) in [4.78, 5) is 44.7. The maximum atomic E-state index is 13.4. The SMILES string of the molecule is NCCCCC(NC(=O)[C@@H]1CCCN1CCc1cccc2ccccc12)C(=O)NC(CCCN=C(N)N)C(N)=O. The second-order valence-corrected chi connectivity index (χ2v) is 10.3. The number of nitrogens with one attached hydrogen (secondary N) is 2. The fraction of sp³-hybridized carbons (Fsp3) is 0.517. The minimum absolute atomic E-state index is 0.0413. The van der Waals surface area contributed by atoms with Crippen LogP contribution in [0.4, 0.5) is 0 Å². The average molecular weight is 553 g/mol. The third-order valence-electron chi connectivity index (χ3n) is 7.40. The quantitative estimate of drug-likeness (QED) is 0.0989. The molecule has 218 valence electrons. The molecule has 11 nitrogen and oxygen atoms in total. The third-order valence-corrected chi connectivity index (χ3v) is 7.40. The van der Waals surface area contributed by atoms with E-state index < -0.39 is 23.9 Å². The molecule has 1 heterocycles. The van der Waals surface area contributed by atoms with Gasteiger partial charge in [0.25, 0.3) is 0 Å². The number of benzene rings is 2. The molecule has 1 aliphatic rings. The molecule has 10 N–H and O–H groups in total. The van der Waals surface area contributed by atoms with Crippen LogP contribution in [0.3, 0.4) is 0 Å². The summed E-state index contributed by atoms with van der Waals surface area (Å²) >= 11 is 0. The van der Waals surface area contributed by atoms with Gasteiger partial charge in [-0.15, -0.1) is 0 Å². The lowest BCUT2D eigenvalue weighted by atomic mass is 10.0. The molecule has 0 radical (unpaired) electrons. The summed E-state index contributed by atoms with van der Waals surface area (Å²) in [5, 5.41) is 8.11. The number of nitrogens with zero attached hydrogens (tertiary/aromatic N) is 2. The van der Waals surface area contributed by atoms with Crippen molar-refractivity contribution in [3.8, 4) is 0 Å². The normalized spacial score (nSPS) is 16.8. The molecule has 40 heavy (non-hydrogen) atoms. The van der Waals surface area contributed by atoms with Gasteiger partial charge in [0.2, 0.25) is 17.7 Å². The van der Waals surface area contributed by atoms with Crippen LogP contribution in [0.25, 0.3) is 10.8 Å². The average Bonchev–Trinajstić information content (AvgIpc) is 3.41. The second-order valence-electron chi connectivity index (χ2n) is 10.3. The number of hydrogen-bond acceptors (Lipinski definition) is 6. The molecule has 0 aliphatic carbocycles. The largest absolute Gasteiger partial charge is 0.370 e. The van der Waals surface area contributed by atoms with Gasteiger partial charge in [0, 0.05) is 13.1 Å². The molecule has 1 fully saturated rings. The highest BCUT2D eigenvalue weighted by Gasteiger charge is 2.33. The number of nitrogens with two attached hydrogens (primary N) is 4. The number of rotatable bonds is 16. The summed E-state index contributed by atoms with van der Waals surface area (Å²) in [7, 11) is 0. The van der Waals surface area contributed by atoms with Crippen molar-refractivity contribution in [1.82, 2.24) is 15.5 Å². The maximum Gasteiger partial charge on any atom is 0.243 e. The number of amides is 3. The van der Waals surface area contributed by atoms with Gasteiger partial charge >= 0.3 is 0 Å². The molecule has 2 aromatic rings. The molecule has 0 bridgehead atoms. The van der Waals surface area contributed by atoms with Crippen molar-refractivity contribution < 1.29 is 14.4 Å². The summed E-state index contributed by atoms with van der Waals surface area (Å²) < 4.78 is 0. The molecular formula is C29H44N8O3. The fourth-order valence-corrected chi connectivity index (χ4v) is 5.26. The zero-order valence-corrected chi connectivity index (χ0v) is 23.2. The molecule has 3 atom stereocenters. The van der Waals surface area contributed by atoms with Gasteiger partial charge in [0.1, 0.15) is 12.1 Å². The van der Waals surface area contributed by atoms with Gasteiger partial charge < -0.3 is 33.6 Å². The number of fused-ring (bicyclic) bond motifs is 1. The molecule has 2 unspecified atom stereocenters. The van der Waals surface area contributed by atoms with Crippen LogP contribution in [-0.2, 0) is 20.8 Å². The monoisotopic (exact) mass is 552 g/mol. The second kappa shape index (κ2) is 15.8. The number of guanidine groups is 1. The third kappa shape index (κ3) is 9.20. The Balaban J connectivity index is 1.62. The van der Waals surface area contributed by atoms with Gasteiger partial charge in [-0.2, -0.15) is 0 Å². The van der Waals surface area contributed by atoms with E-state index in [-0.39, 0.29) is 24.3 Å². The lowest BCUT2D eigenvalue weighted by Crippen LogP contribution is -2.55. The number of aliphatic imine (C=N–C) groups is 1. The number of likely N-dealkylation sites (tertiary alicyclic amines) is 1. The van der Waals surface area contributed by atoms with Gasteiger partial charge in [-0.3, -0.25) is 24.3 Å². The first-order valence-corrected chi connectivity index (χ1v) is 14.2. The summed E-state index contributed by atoms with van der Waals surface area (Å²) in [5.74, 6) is -1.30. The smallest absolute Gasteiger partial charge is 0.243 e. The Hall–Kier alpha value is -3.70. The highest BCUT2D eigenvalue weighted by molar-refractivity contribution is 5.92. The summed E-state index contributed by atoms with van der Waals surface area (Å²) in [6.45, 7) is 2.37. The van der Waals surface area contributed by atoms with E-state index in [1.54, 1.807) is 0 Å². The topological polar surface area (TPSA) is 195 Å². The first-order valence-electron chi connectivity index (χ1n) is 14.2. The Morgan fingerprint density at radius 2 is 1.70 bits per heavy atom. The molecule has 0 spiro atoms. The van der Waals surface area contributed by atoms with Crippen molar-refractivity contribution in [2.24, 2.45) is 27.9 Å². The van der Waals surface area contributed by atoms with Crippen molar-refractivity contribution in [3.05, 3.63) is 48.0 Å². The molecular weight excluding hydrogens is 508 g/mol. The Morgan fingerprint density at radius 3 is 2.45 bits per heavy atom. The Bertz CT molecular complexity index is 1160. The zero-order valence-electron chi connectivity index (χ0n) is 23.2. The Labute approximate surface area is 236 Å². The molecule has 0 aromatic heterocycles. The van der Waals surface area contributed by atoms with Gasteiger partial charge in [0.05, 0.1) is 6.04 Å². The van der Waals surface area contributed by atoms with Crippen molar-refractivity contribution in [2.75, 3.05) is 26.2 Å². The molecule has 3 amide bonds. The summed E-state index contributed by atoms with van der Waals surface area (Å²) in [5.41, 5.74) is 23.1. The predicted octanol–water partition coefficient (Wildman–Crippen LogP) is 0.484. The fourth-order valence-electron chi connectivity index (χ4n) is 5.26. The zero-order chi connectivity index (χ0) is 28.9. The van der Waals surface area contributed by atoms with E-state index in [9.17, 15) is 14.4 Å². The van der Waals surface area contributed by atoms with E-state index in [0.29, 0.717) is 32.4 Å². The van der Waals surface area contributed by atoms with Crippen LogP contribution in [0.5, 0.6) is 0 Å². The van der Waals surface area contributed by atoms with E-state index in [0.717, 1.165) is 38.8 Å². The van der Waals surface area contributed by atoms with Gasteiger partial charge in [-0.25, -0.2) is 0 Å². The number of hydrogen-bond donors (Lipinski definition) is 6. The Kier molecular flexibility index (Phi) is 12.2. The number of unbranched alkanes of at least 4 members (excludes halogenated alkanes) is 1. The predicted molar refractivity (Wildman–Crippen MR) is 158 cm³/mol. The first-order chi connectivity index (χ1) is 19.3. The Morgan fingerprint density at radius 1 is 0.950 bits per heavy atom. The van der Waals surface area contributed by atoms with E-state index in [2.05, 4.69) is 50.9 Å². The van der Waals surface area contributed by atoms with Crippen molar-refractivity contribution >= 4 is 34.5 Å². The first kappa shape index (κ1) is 30.8. The van der Waals surface area contributed by atoms with Crippen LogP contribution >= 0.6 is 0 Å². The van der Waals surface area contributed by atoms with Crippen LogP contribution in [-0.4, -0.2) is 72.9 Å². The van der Waals surface area contributed by atoms with Gasteiger partial charge in [0.15, 0.2) is 5.96 Å². The molecule has 11 heteroatoms. The molecule has 2 aromatic carbocycles. The summed E-state index contributed by atoms with van der Waals surface area (Å²) in [6, 6.07) is 12.6. The summed E-state index contributed by atoms with van der Waals surface area (Å²) in [6.07, 6.45) is 5.01. The molecule has 3 rings (SSSR count). The molecule has 1 aliphatic heterocycles. The van der Waals surface area contributed by atoms with Crippen LogP contribution in [0.1, 0.15) is 50.5 Å². The van der Waals surface area contributed by atoms with Gasteiger partial charge in [-0.1, -0.05) is 42.5 Å². The number of carbonyl (C=O) groups is 3. The maximum absolute atomic E-state index is 13.4. The standard InChI is InChI=1S/C29H44N8O3/c30-16-4-3-12-24(27(39)35-23(26(31)38)13-6-17-34-29(32)33)36-28(40)25-14-7-18-37(25)19-15-21-10-5-9-20-8-1-2-11-22(20)21/h1-2,5,8-11,23-25H,3-4,6-7,12-19,30H2,(H2,31,38)(H,35,39)(H,36,40)(H4,32,33,34)/t23?,24?,25-/m0/s1. The number of carbonyl (C=O) groups excluding carboxylic acids is 3. The number of primary amides is 1. The van der Waals surface area contributed by atoms with Crippen LogP contribution < -0.4 is 33.6 Å². The molecule has 1 saturated heterocycles. The minimum atomic E-state index is -0.890. The van der Waals surface area contributed by atoms with E-state index in [4.69, 9.17) is 22.9 Å². The minimum Gasteiger partial charge on any atom is -0.370 e. The molecule has 0 saturated carbocycles. The highest BCUT2D eigenvalue weighted by atomic mass is 16.2. The lowest BCUT2D eigenvalue weighted by molar-refractivity contribution is -0.133. The van der Waals surface area contributed by atoms with E-state index in [1.165, 1.54) is 16.3 Å². The van der Waals surface area contributed by atoms with Crippen LogP contribution in [0, 0.1) is 0 Å². The van der Waals surface area contributed by atoms with Crippen molar-refractivity contribution in [1.29, 1.82) is 0 Å². The highest BCUT2D eigenvalue weighted by Crippen LogP contribution is 2.22. The van der Waals surface area contributed by atoms with Crippen LogP contribution in [0.2, 0.25) is 0 Å². The van der Waals surface area contributed by atoms with E-state index >= 15 is 0 Å². The van der Waals surface area contributed by atoms with Crippen LogP contribution in [0.15, 0.2) is 47.5 Å². The van der Waals surface area contributed by atoms with Crippen molar-refractivity contribution in [3.63, 3.8) is 0 Å². The lowest BCUT2D eigenvalue weighted by Gasteiger charge is -2.27. The van der Waals surface area contributed by atoms with Crippen molar-refractivity contribution in [2.45, 2.75) is 69.5 Å².